The second kappa shape index (κ2) is 8.88. The summed E-state index contributed by atoms with van der Waals surface area (Å²) < 4.78 is 11.2. The van der Waals surface area contributed by atoms with Crippen molar-refractivity contribution in [2.75, 3.05) is 19.1 Å². The summed E-state index contributed by atoms with van der Waals surface area (Å²) in [6.07, 6.45) is 1.64. The minimum absolute atomic E-state index is 0.0739. The van der Waals surface area contributed by atoms with Gasteiger partial charge in [-0.05, 0) is 52.7 Å². The lowest BCUT2D eigenvalue weighted by molar-refractivity contribution is 0.317. The van der Waals surface area contributed by atoms with Gasteiger partial charge in [0.1, 0.15) is 5.75 Å². The van der Waals surface area contributed by atoms with Crippen LogP contribution in [-0.4, -0.2) is 30.0 Å². The van der Waals surface area contributed by atoms with E-state index in [4.69, 9.17) is 9.47 Å². The Bertz CT molecular complexity index is 959. The number of halogens is 1. The van der Waals surface area contributed by atoms with Gasteiger partial charge in [0.05, 0.1) is 30.1 Å². The minimum Gasteiger partial charge on any atom is -0.503 e. The van der Waals surface area contributed by atoms with Gasteiger partial charge in [-0.3, -0.25) is 5.43 Å². The summed E-state index contributed by atoms with van der Waals surface area (Å²) in [5, 5.41) is 16.8. The lowest BCUT2D eigenvalue weighted by Gasteiger charge is -2.08. The zero-order valence-corrected chi connectivity index (χ0v) is 17.2. The van der Waals surface area contributed by atoms with Gasteiger partial charge >= 0.3 is 0 Å². The van der Waals surface area contributed by atoms with Gasteiger partial charge in [-0.1, -0.05) is 12.1 Å². The Morgan fingerprint density at radius 1 is 1.33 bits per heavy atom. The van der Waals surface area contributed by atoms with Crippen LogP contribution in [0.1, 0.15) is 12.5 Å². The first-order chi connectivity index (χ1) is 13.1. The van der Waals surface area contributed by atoms with Crippen LogP contribution in [0.2, 0.25) is 0 Å². The number of hydrogen-bond donors (Lipinski definition) is 2. The van der Waals surface area contributed by atoms with Gasteiger partial charge < -0.3 is 14.6 Å². The molecule has 0 aliphatic carbocycles. The second-order valence-electron chi connectivity index (χ2n) is 5.42. The summed E-state index contributed by atoms with van der Waals surface area (Å²) in [7, 11) is 1.64. The normalized spacial score (nSPS) is 10.9. The highest BCUT2D eigenvalue weighted by molar-refractivity contribution is 9.10. The molecule has 0 amide bonds. The second-order valence-corrected chi connectivity index (χ2v) is 7.13. The van der Waals surface area contributed by atoms with Crippen LogP contribution in [0.3, 0.4) is 0 Å². The number of anilines is 1. The van der Waals surface area contributed by atoms with Gasteiger partial charge in [0.15, 0.2) is 11.5 Å². The number of aromatic hydroxyl groups is 1. The number of aromatic nitrogens is 1. The first-order valence-electron chi connectivity index (χ1n) is 8.15. The molecule has 0 fully saturated rings. The summed E-state index contributed by atoms with van der Waals surface area (Å²) in [5.41, 5.74) is 5.53. The molecule has 0 aliphatic rings. The van der Waals surface area contributed by atoms with Crippen molar-refractivity contribution in [1.82, 2.24) is 4.98 Å². The van der Waals surface area contributed by atoms with Crippen LogP contribution in [0.25, 0.3) is 11.3 Å². The molecule has 0 aliphatic heterocycles. The van der Waals surface area contributed by atoms with Crippen LogP contribution in [0.5, 0.6) is 17.2 Å². The molecule has 3 aromatic rings. The Morgan fingerprint density at radius 2 is 2.19 bits per heavy atom. The predicted octanol–water partition coefficient (Wildman–Crippen LogP) is 5.13. The Morgan fingerprint density at radius 3 is 2.96 bits per heavy atom. The molecule has 2 aromatic carbocycles. The molecule has 0 saturated carbocycles. The van der Waals surface area contributed by atoms with E-state index < -0.39 is 0 Å². The largest absolute Gasteiger partial charge is 0.503 e. The Kier molecular flexibility index (Phi) is 6.31. The van der Waals surface area contributed by atoms with Crippen LogP contribution in [0, 0.1) is 0 Å². The molecule has 2 N–H and O–H groups in total. The highest BCUT2D eigenvalue weighted by atomic mass is 79.9. The summed E-state index contributed by atoms with van der Waals surface area (Å²) in [6.45, 7) is 2.32. The molecule has 8 heteroatoms. The standard InChI is InChI=1S/C19H18BrN3O3S/c1-3-26-17-8-12(7-15(20)18(17)24)10-21-23-19-22-16(11-27-19)13-5-4-6-14(9-13)25-2/h4-11,24H,3H2,1-2H3,(H,22,23)/b21-10-. The minimum atomic E-state index is 0.0739. The van der Waals surface area contributed by atoms with Crippen LogP contribution in [-0.2, 0) is 0 Å². The quantitative estimate of drug-likeness (QED) is 0.387. The maximum absolute atomic E-state index is 9.96. The molecule has 3 rings (SSSR count). The Labute approximate surface area is 169 Å². The average Bonchev–Trinajstić information content (AvgIpc) is 3.15. The highest BCUT2D eigenvalue weighted by Gasteiger charge is 2.08. The molecule has 0 spiro atoms. The molecule has 0 unspecified atom stereocenters. The molecule has 0 saturated heterocycles. The van der Waals surface area contributed by atoms with Crippen molar-refractivity contribution in [3.05, 3.63) is 51.8 Å². The van der Waals surface area contributed by atoms with Crippen LogP contribution in [0.4, 0.5) is 5.13 Å². The molecular weight excluding hydrogens is 430 g/mol. The fourth-order valence-corrected chi connectivity index (χ4v) is 3.46. The molecule has 140 valence electrons. The van der Waals surface area contributed by atoms with E-state index >= 15 is 0 Å². The van der Waals surface area contributed by atoms with E-state index in [1.165, 1.54) is 11.3 Å². The number of nitrogens with one attached hydrogen (secondary N) is 1. The van der Waals surface area contributed by atoms with E-state index in [0.717, 1.165) is 22.6 Å². The fourth-order valence-electron chi connectivity index (χ4n) is 2.34. The summed E-state index contributed by atoms with van der Waals surface area (Å²) in [6, 6.07) is 11.2. The summed E-state index contributed by atoms with van der Waals surface area (Å²) in [5.74, 6) is 1.27. The van der Waals surface area contributed by atoms with Crippen molar-refractivity contribution in [3.8, 4) is 28.5 Å². The first kappa shape index (κ1) is 19.2. The van der Waals surface area contributed by atoms with Crippen molar-refractivity contribution in [2.24, 2.45) is 5.10 Å². The van der Waals surface area contributed by atoms with Gasteiger partial charge in [0.25, 0.3) is 0 Å². The van der Waals surface area contributed by atoms with Crippen LogP contribution >= 0.6 is 27.3 Å². The number of ether oxygens (including phenoxy) is 2. The van der Waals surface area contributed by atoms with Gasteiger partial charge in [-0.2, -0.15) is 5.10 Å². The van der Waals surface area contributed by atoms with E-state index in [0.29, 0.717) is 22.0 Å². The monoisotopic (exact) mass is 447 g/mol. The van der Waals surface area contributed by atoms with Crippen LogP contribution in [0.15, 0.2) is 51.4 Å². The number of benzene rings is 2. The van der Waals surface area contributed by atoms with Gasteiger partial charge in [0, 0.05) is 10.9 Å². The molecule has 1 aromatic heterocycles. The smallest absolute Gasteiger partial charge is 0.203 e. The SMILES string of the molecule is CCOc1cc(/C=N\Nc2nc(-c3cccc(OC)c3)cs2)cc(Br)c1O. The Hall–Kier alpha value is -2.58. The van der Waals surface area contributed by atoms with Crippen molar-refractivity contribution < 1.29 is 14.6 Å². The molecule has 0 bridgehead atoms. The van der Waals surface area contributed by atoms with E-state index in [-0.39, 0.29) is 5.75 Å². The van der Waals surface area contributed by atoms with Crippen molar-refractivity contribution in [3.63, 3.8) is 0 Å². The zero-order valence-electron chi connectivity index (χ0n) is 14.8. The third-order valence-electron chi connectivity index (χ3n) is 3.59. The van der Waals surface area contributed by atoms with E-state index in [9.17, 15) is 5.11 Å². The number of phenols is 1. The van der Waals surface area contributed by atoms with Crippen molar-refractivity contribution >= 4 is 38.6 Å². The number of thiazole rings is 1. The predicted molar refractivity (Wildman–Crippen MR) is 112 cm³/mol. The van der Waals surface area contributed by atoms with E-state index in [2.05, 4.69) is 31.4 Å². The van der Waals surface area contributed by atoms with Gasteiger partial charge in [0.2, 0.25) is 5.13 Å². The average molecular weight is 448 g/mol. The lowest BCUT2D eigenvalue weighted by Crippen LogP contribution is -1.95. The lowest BCUT2D eigenvalue weighted by atomic mass is 10.2. The van der Waals surface area contributed by atoms with E-state index in [1.54, 1.807) is 25.5 Å². The summed E-state index contributed by atoms with van der Waals surface area (Å²) >= 11 is 4.77. The Balaban J connectivity index is 1.71. The van der Waals surface area contributed by atoms with Crippen LogP contribution < -0.4 is 14.9 Å². The fraction of sp³-hybridized carbons (Fsp3) is 0.158. The first-order valence-corrected chi connectivity index (χ1v) is 9.82. The van der Waals surface area contributed by atoms with E-state index in [1.807, 2.05) is 36.6 Å². The molecule has 1 heterocycles. The number of hydrazone groups is 1. The molecule has 27 heavy (non-hydrogen) atoms. The van der Waals surface area contributed by atoms with Crippen molar-refractivity contribution in [2.45, 2.75) is 6.92 Å². The topological polar surface area (TPSA) is 76.0 Å². The number of rotatable bonds is 7. The number of methoxy groups -OCH3 is 1. The maximum Gasteiger partial charge on any atom is 0.203 e. The number of hydrogen-bond acceptors (Lipinski definition) is 7. The molecule has 6 nitrogen and oxygen atoms in total. The number of nitrogens with zero attached hydrogens (tertiary/aromatic N) is 2. The number of phenolic OH excluding ortho intramolecular Hbond substituents is 1. The third-order valence-corrected chi connectivity index (χ3v) is 4.95. The maximum atomic E-state index is 9.96. The highest BCUT2D eigenvalue weighted by Crippen LogP contribution is 2.35. The van der Waals surface area contributed by atoms with Gasteiger partial charge in [-0.15, -0.1) is 11.3 Å². The molecule has 0 radical (unpaired) electrons. The molecule has 0 atom stereocenters. The van der Waals surface area contributed by atoms with Crippen molar-refractivity contribution in [1.29, 1.82) is 0 Å². The van der Waals surface area contributed by atoms with Gasteiger partial charge in [-0.25, -0.2) is 4.98 Å². The summed E-state index contributed by atoms with van der Waals surface area (Å²) in [4.78, 5) is 4.53. The molecular formula is C19H18BrN3O3S. The third kappa shape index (κ3) is 4.78. The zero-order chi connectivity index (χ0) is 19.2.